The van der Waals surface area contributed by atoms with Crippen LogP contribution >= 0.6 is 35.0 Å². The molecule has 2 aliphatic heterocycles. The van der Waals surface area contributed by atoms with Crippen LogP contribution in [0, 0.1) is 0 Å². The highest BCUT2D eigenvalue weighted by Crippen LogP contribution is 2.40. The molecule has 0 radical (unpaired) electrons. The van der Waals surface area contributed by atoms with Crippen LogP contribution in [0.15, 0.2) is 12.1 Å². The third-order valence-electron chi connectivity index (χ3n) is 6.06. The lowest BCUT2D eigenvalue weighted by Crippen LogP contribution is -2.51. The number of piperidine rings is 1. The van der Waals surface area contributed by atoms with Crippen LogP contribution in [0.3, 0.4) is 0 Å². The Morgan fingerprint density at radius 2 is 1.80 bits per heavy atom. The van der Waals surface area contributed by atoms with Crippen LogP contribution in [0.2, 0.25) is 10.0 Å². The van der Waals surface area contributed by atoms with Crippen LogP contribution in [0.25, 0.3) is 0 Å². The largest absolute Gasteiger partial charge is 0.302 e. The van der Waals surface area contributed by atoms with Crippen molar-refractivity contribution in [2.45, 2.75) is 50.6 Å². The van der Waals surface area contributed by atoms with Gasteiger partial charge in [-0.25, -0.2) is 0 Å². The van der Waals surface area contributed by atoms with Gasteiger partial charge in [0.05, 0.1) is 10.0 Å². The Morgan fingerprint density at radius 3 is 2.64 bits per heavy atom. The average molecular weight is 399 g/mol. The molecule has 138 valence electrons. The first-order valence-corrected chi connectivity index (χ1v) is 11.7. The number of thioether (sulfide) groups is 1. The second-order valence-corrected chi connectivity index (χ2v) is 9.67. The highest BCUT2D eigenvalue weighted by atomic mass is 35.5. The molecule has 4 rings (SSSR count). The summed E-state index contributed by atoms with van der Waals surface area (Å²) in [6.07, 6.45) is 7.82. The summed E-state index contributed by atoms with van der Waals surface area (Å²) in [5.74, 6) is 2.52. The molecule has 2 fully saturated rings. The van der Waals surface area contributed by atoms with Crippen LogP contribution in [-0.2, 0) is 6.42 Å². The molecule has 2 atom stereocenters. The van der Waals surface area contributed by atoms with E-state index in [1.165, 1.54) is 80.9 Å². The fourth-order valence-electron chi connectivity index (χ4n) is 4.79. The first kappa shape index (κ1) is 18.4. The minimum atomic E-state index is 0.522. The van der Waals surface area contributed by atoms with Gasteiger partial charge in [-0.2, -0.15) is 11.8 Å². The Hall–Kier alpha value is 0.0700. The minimum absolute atomic E-state index is 0.522. The van der Waals surface area contributed by atoms with Crippen molar-refractivity contribution in [3.05, 3.63) is 33.3 Å². The van der Waals surface area contributed by atoms with Crippen LogP contribution in [0.1, 0.15) is 49.3 Å². The molecule has 2 unspecified atom stereocenters. The van der Waals surface area contributed by atoms with Crippen molar-refractivity contribution >= 4 is 35.0 Å². The number of benzene rings is 1. The molecular formula is C20H28Cl2N2S. The fraction of sp³-hybridized carbons (Fsp3) is 0.700. The molecule has 2 nitrogen and oxygen atoms in total. The van der Waals surface area contributed by atoms with Gasteiger partial charge in [0.2, 0.25) is 0 Å². The third kappa shape index (κ3) is 4.16. The topological polar surface area (TPSA) is 6.48 Å². The van der Waals surface area contributed by atoms with E-state index in [9.17, 15) is 0 Å². The summed E-state index contributed by atoms with van der Waals surface area (Å²) in [7, 11) is 0. The second-order valence-electron chi connectivity index (χ2n) is 7.70. The molecule has 0 saturated carbocycles. The highest BCUT2D eigenvalue weighted by molar-refractivity contribution is 7.99. The Kier molecular flexibility index (Phi) is 6.19. The SMILES string of the molecule is Clc1cc2c(cc1Cl)C(N1CCSCC1CN1CCCCC1)CCC2. The standard InChI is InChI=1S/C20H28Cl2N2S/c21-18-11-15-5-4-6-20(17(15)12-19(18)22)24-9-10-25-14-16(24)13-23-7-2-1-3-8-23/h11-12,16,20H,1-10,13-14H2. The van der Waals surface area contributed by atoms with Crippen molar-refractivity contribution in [1.82, 2.24) is 9.80 Å². The molecule has 3 aliphatic rings. The Balaban J connectivity index is 1.55. The van der Waals surface area contributed by atoms with Crippen molar-refractivity contribution in [1.29, 1.82) is 0 Å². The molecule has 0 amide bonds. The Bertz CT molecular complexity index is 604. The molecule has 0 N–H and O–H groups in total. The number of fused-ring (bicyclic) bond motifs is 1. The van der Waals surface area contributed by atoms with E-state index < -0.39 is 0 Å². The zero-order chi connectivity index (χ0) is 17.2. The molecule has 2 saturated heterocycles. The molecule has 25 heavy (non-hydrogen) atoms. The van der Waals surface area contributed by atoms with Crippen LogP contribution in [0.4, 0.5) is 0 Å². The maximum atomic E-state index is 6.38. The number of hydrogen-bond donors (Lipinski definition) is 0. The van der Waals surface area contributed by atoms with Crippen molar-refractivity contribution in [3.63, 3.8) is 0 Å². The van der Waals surface area contributed by atoms with Gasteiger partial charge in [-0.1, -0.05) is 29.6 Å². The van der Waals surface area contributed by atoms with E-state index in [-0.39, 0.29) is 0 Å². The number of nitrogens with zero attached hydrogens (tertiary/aromatic N) is 2. The smallest absolute Gasteiger partial charge is 0.0595 e. The van der Waals surface area contributed by atoms with E-state index in [0.29, 0.717) is 22.1 Å². The van der Waals surface area contributed by atoms with Crippen LogP contribution < -0.4 is 0 Å². The second kappa shape index (κ2) is 8.39. The minimum Gasteiger partial charge on any atom is -0.302 e. The van der Waals surface area contributed by atoms with E-state index in [2.05, 4.69) is 33.7 Å². The van der Waals surface area contributed by atoms with Gasteiger partial charge in [0, 0.05) is 36.7 Å². The van der Waals surface area contributed by atoms with E-state index in [1.807, 2.05) is 0 Å². The predicted octanol–water partition coefficient (Wildman–Crippen LogP) is 5.27. The summed E-state index contributed by atoms with van der Waals surface area (Å²) < 4.78 is 0. The maximum Gasteiger partial charge on any atom is 0.0595 e. The van der Waals surface area contributed by atoms with Crippen LogP contribution in [-0.4, -0.2) is 53.5 Å². The highest BCUT2D eigenvalue weighted by Gasteiger charge is 2.34. The summed E-state index contributed by atoms with van der Waals surface area (Å²) in [5, 5.41) is 1.42. The first-order chi connectivity index (χ1) is 12.2. The molecule has 1 aromatic rings. The van der Waals surface area contributed by atoms with Gasteiger partial charge in [-0.3, -0.25) is 4.90 Å². The van der Waals surface area contributed by atoms with Crippen molar-refractivity contribution in [2.24, 2.45) is 0 Å². The van der Waals surface area contributed by atoms with Gasteiger partial charge in [0.25, 0.3) is 0 Å². The number of hydrogen-bond acceptors (Lipinski definition) is 3. The fourth-order valence-corrected chi connectivity index (χ4v) is 6.23. The zero-order valence-corrected chi connectivity index (χ0v) is 17.2. The normalized spacial score (nSPS) is 28.7. The van der Waals surface area contributed by atoms with E-state index in [1.54, 1.807) is 0 Å². The van der Waals surface area contributed by atoms with Gasteiger partial charge in [-0.05, 0) is 68.5 Å². The number of halogens is 2. The van der Waals surface area contributed by atoms with Crippen molar-refractivity contribution < 1.29 is 0 Å². The van der Waals surface area contributed by atoms with Gasteiger partial charge in [0.15, 0.2) is 0 Å². The van der Waals surface area contributed by atoms with E-state index in [0.717, 1.165) is 6.42 Å². The van der Waals surface area contributed by atoms with Gasteiger partial charge in [-0.15, -0.1) is 0 Å². The van der Waals surface area contributed by atoms with Gasteiger partial charge < -0.3 is 4.90 Å². The molecule has 0 bridgehead atoms. The van der Waals surface area contributed by atoms with E-state index >= 15 is 0 Å². The molecule has 1 aromatic carbocycles. The molecule has 5 heteroatoms. The van der Waals surface area contributed by atoms with Gasteiger partial charge in [0.1, 0.15) is 0 Å². The Morgan fingerprint density at radius 1 is 1.00 bits per heavy atom. The number of aryl methyl sites for hydroxylation is 1. The van der Waals surface area contributed by atoms with Crippen molar-refractivity contribution in [2.75, 3.05) is 37.7 Å². The number of likely N-dealkylation sites (tertiary alicyclic amines) is 1. The summed E-state index contributed by atoms with van der Waals surface area (Å²) >= 11 is 14.8. The first-order valence-electron chi connectivity index (χ1n) is 9.76. The third-order valence-corrected chi connectivity index (χ3v) is 7.87. The lowest BCUT2D eigenvalue weighted by atomic mass is 9.86. The van der Waals surface area contributed by atoms with Gasteiger partial charge >= 0.3 is 0 Å². The van der Waals surface area contributed by atoms with Crippen LogP contribution in [0.5, 0.6) is 0 Å². The lowest BCUT2D eigenvalue weighted by molar-refractivity contribution is 0.0935. The monoisotopic (exact) mass is 398 g/mol. The summed E-state index contributed by atoms with van der Waals surface area (Å²) in [6.45, 7) is 5.02. The Labute approximate surface area is 166 Å². The predicted molar refractivity (Wildman–Crippen MR) is 110 cm³/mol. The van der Waals surface area contributed by atoms with E-state index in [4.69, 9.17) is 23.2 Å². The molecule has 2 heterocycles. The number of rotatable bonds is 3. The summed E-state index contributed by atoms with van der Waals surface area (Å²) in [5.41, 5.74) is 2.86. The molecule has 0 spiro atoms. The summed E-state index contributed by atoms with van der Waals surface area (Å²) in [6, 6.07) is 5.46. The molecular weight excluding hydrogens is 371 g/mol. The quantitative estimate of drug-likeness (QED) is 0.683. The lowest BCUT2D eigenvalue weighted by Gasteiger charge is -2.45. The zero-order valence-electron chi connectivity index (χ0n) is 14.9. The molecule has 0 aromatic heterocycles. The summed E-state index contributed by atoms with van der Waals surface area (Å²) in [4.78, 5) is 5.50. The molecule has 1 aliphatic carbocycles. The van der Waals surface area contributed by atoms with Crippen molar-refractivity contribution in [3.8, 4) is 0 Å². The maximum absolute atomic E-state index is 6.38. The average Bonchev–Trinajstić information content (AvgIpc) is 2.64.